The van der Waals surface area contributed by atoms with Crippen molar-refractivity contribution < 1.29 is 9.53 Å². The van der Waals surface area contributed by atoms with E-state index in [1.165, 1.54) is 12.1 Å². The molecule has 4 nitrogen and oxygen atoms in total. The third-order valence-electron chi connectivity index (χ3n) is 3.36. The fourth-order valence-electron chi connectivity index (χ4n) is 2.00. The van der Waals surface area contributed by atoms with Gasteiger partial charge in [-0.15, -0.1) is 0 Å². The van der Waals surface area contributed by atoms with Gasteiger partial charge in [-0.1, -0.05) is 48.1 Å². The van der Waals surface area contributed by atoms with Gasteiger partial charge in [0, 0.05) is 5.69 Å². The molecule has 7 heteroatoms. The molecule has 1 amide bonds. The van der Waals surface area contributed by atoms with Crippen molar-refractivity contribution in [3.05, 3.63) is 51.5 Å². The first-order valence-electron chi connectivity index (χ1n) is 7.90. The van der Waals surface area contributed by atoms with E-state index >= 15 is 0 Å². The maximum Gasteiger partial charge on any atom is 0.243 e. The molecule has 0 radical (unpaired) electrons. The van der Waals surface area contributed by atoms with E-state index in [1.54, 1.807) is 0 Å². The zero-order chi connectivity index (χ0) is 18.2. The average molecular weight is 402 g/mol. The Bertz CT molecular complexity index is 721. The largest absolute Gasteiger partial charge is 0.494 e. The highest BCUT2D eigenvalue weighted by Crippen LogP contribution is 2.32. The van der Waals surface area contributed by atoms with Crippen LogP contribution in [0.2, 0.25) is 15.1 Å². The van der Waals surface area contributed by atoms with Gasteiger partial charge in [0.2, 0.25) is 5.91 Å². The van der Waals surface area contributed by atoms with Gasteiger partial charge in [-0.25, -0.2) is 0 Å². The number of hydrogen-bond acceptors (Lipinski definition) is 3. The van der Waals surface area contributed by atoms with E-state index in [2.05, 4.69) is 17.6 Å². The van der Waals surface area contributed by atoms with Gasteiger partial charge in [0.25, 0.3) is 0 Å². The molecular weight excluding hydrogens is 383 g/mol. The lowest BCUT2D eigenvalue weighted by molar-refractivity contribution is -0.114. The summed E-state index contributed by atoms with van der Waals surface area (Å²) < 4.78 is 5.59. The third kappa shape index (κ3) is 6.31. The number of anilines is 2. The molecule has 0 saturated carbocycles. The second-order valence-electron chi connectivity index (χ2n) is 5.37. The number of nitrogens with one attached hydrogen (secondary N) is 2. The Kier molecular flexibility index (Phi) is 7.69. The highest BCUT2D eigenvalue weighted by molar-refractivity contribution is 6.44. The number of carbonyl (C=O) groups is 1. The second-order valence-corrected chi connectivity index (χ2v) is 6.60. The van der Waals surface area contributed by atoms with Gasteiger partial charge < -0.3 is 15.4 Å². The molecule has 0 heterocycles. The number of halogens is 3. The van der Waals surface area contributed by atoms with Crippen LogP contribution in [0.3, 0.4) is 0 Å². The van der Waals surface area contributed by atoms with Crippen LogP contribution < -0.4 is 15.4 Å². The molecule has 0 atom stereocenters. The van der Waals surface area contributed by atoms with E-state index in [0.717, 1.165) is 24.3 Å². The van der Waals surface area contributed by atoms with Gasteiger partial charge in [0.05, 0.1) is 33.9 Å². The van der Waals surface area contributed by atoms with Crippen LogP contribution in [0.5, 0.6) is 5.75 Å². The van der Waals surface area contributed by atoms with Crippen molar-refractivity contribution in [1.82, 2.24) is 0 Å². The molecule has 2 N–H and O–H groups in total. The van der Waals surface area contributed by atoms with E-state index in [4.69, 9.17) is 39.5 Å². The zero-order valence-corrected chi connectivity index (χ0v) is 16.0. The molecule has 0 fully saturated rings. The molecule has 2 aromatic rings. The number of unbranched alkanes of at least 4 members (excludes halogenated alkanes) is 1. The number of amides is 1. The molecule has 25 heavy (non-hydrogen) atoms. The van der Waals surface area contributed by atoms with Gasteiger partial charge in [-0.3, -0.25) is 4.79 Å². The Hall–Kier alpha value is -1.62. The molecule has 0 aliphatic rings. The molecule has 0 saturated heterocycles. The molecule has 2 aromatic carbocycles. The summed E-state index contributed by atoms with van der Waals surface area (Å²) in [5.41, 5.74) is 1.24. The second kappa shape index (κ2) is 9.76. The van der Waals surface area contributed by atoms with Gasteiger partial charge in [0.15, 0.2) is 0 Å². The topological polar surface area (TPSA) is 50.4 Å². The molecule has 2 rings (SSSR count). The number of hydrogen-bond donors (Lipinski definition) is 2. The maximum atomic E-state index is 12.0. The van der Waals surface area contributed by atoms with E-state index in [9.17, 15) is 4.79 Å². The lowest BCUT2D eigenvalue weighted by atomic mass is 10.3. The van der Waals surface area contributed by atoms with Crippen molar-refractivity contribution >= 4 is 52.1 Å². The van der Waals surface area contributed by atoms with Crippen molar-refractivity contribution in [3.8, 4) is 5.75 Å². The number of rotatable bonds is 8. The van der Waals surface area contributed by atoms with Gasteiger partial charge in [-0.2, -0.15) is 0 Å². The summed E-state index contributed by atoms with van der Waals surface area (Å²) >= 11 is 17.8. The average Bonchev–Trinajstić information content (AvgIpc) is 2.59. The maximum absolute atomic E-state index is 12.0. The Labute approximate surface area is 162 Å². The predicted molar refractivity (Wildman–Crippen MR) is 105 cm³/mol. The first-order chi connectivity index (χ1) is 12.0. The minimum atomic E-state index is -0.247. The fraction of sp³-hybridized carbons (Fsp3) is 0.278. The predicted octanol–water partition coefficient (Wildman–Crippen LogP) is 5.88. The SMILES string of the molecule is CCCCOc1ccc(NCC(=O)Nc2cc(Cl)c(Cl)cc2Cl)cc1. The lowest BCUT2D eigenvalue weighted by Crippen LogP contribution is -2.21. The zero-order valence-electron chi connectivity index (χ0n) is 13.7. The minimum Gasteiger partial charge on any atom is -0.494 e. The van der Waals surface area contributed by atoms with Crippen molar-refractivity contribution in [3.63, 3.8) is 0 Å². The molecule has 0 aliphatic carbocycles. The summed E-state index contributed by atoms with van der Waals surface area (Å²) in [7, 11) is 0. The van der Waals surface area contributed by atoms with E-state index < -0.39 is 0 Å². The Morgan fingerprint density at radius 1 is 1.04 bits per heavy atom. The van der Waals surface area contributed by atoms with Crippen molar-refractivity contribution in [2.75, 3.05) is 23.8 Å². The molecule has 0 bridgehead atoms. The smallest absolute Gasteiger partial charge is 0.243 e. The van der Waals surface area contributed by atoms with Crippen molar-refractivity contribution in [2.24, 2.45) is 0 Å². The van der Waals surface area contributed by atoms with Crippen LogP contribution >= 0.6 is 34.8 Å². The molecule has 0 aliphatic heterocycles. The van der Waals surface area contributed by atoms with Crippen LogP contribution in [0.4, 0.5) is 11.4 Å². The quantitative estimate of drug-likeness (QED) is 0.429. The standard InChI is InChI=1S/C18H19Cl3N2O2/c1-2-3-8-25-13-6-4-12(5-7-13)22-11-18(24)23-17-10-15(20)14(19)9-16(17)21/h4-7,9-10,22H,2-3,8,11H2,1H3,(H,23,24). The summed E-state index contributed by atoms with van der Waals surface area (Å²) in [5, 5.41) is 6.72. The number of ether oxygens (including phenoxy) is 1. The number of benzene rings is 2. The van der Waals surface area contributed by atoms with E-state index in [1.807, 2.05) is 24.3 Å². The highest BCUT2D eigenvalue weighted by Gasteiger charge is 2.09. The summed E-state index contributed by atoms with van der Waals surface area (Å²) in [4.78, 5) is 12.0. The summed E-state index contributed by atoms with van der Waals surface area (Å²) in [6.07, 6.45) is 2.12. The van der Waals surface area contributed by atoms with Crippen LogP contribution in [-0.4, -0.2) is 19.1 Å². The van der Waals surface area contributed by atoms with Gasteiger partial charge >= 0.3 is 0 Å². The van der Waals surface area contributed by atoms with E-state index in [-0.39, 0.29) is 12.5 Å². The van der Waals surface area contributed by atoms with Crippen LogP contribution in [0, 0.1) is 0 Å². The molecule has 134 valence electrons. The van der Waals surface area contributed by atoms with Crippen LogP contribution in [0.1, 0.15) is 19.8 Å². The van der Waals surface area contributed by atoms with Crippen LogP contribution in [0.25, 0.3) is 0 Å². The Balaban J connectivity index is 1.84. The first-order valence-corrected chi connectivity index (χ1v) is 9.04. The van der Waals surface area contributed by atoms with Gasteiger partial charge in [-0.05, 0) is 42.8 Å². The van der Waals surface area contributed by atoms with Crippen molar-refractivity contribution in [2.45, 2.75) is 19.8 Å². The summed E-state index contributed by atoms with van der Waals surface area (Å²) in [6.45, 7) is 2.91. The summed E-state index contributed by atoms with van der Waals surface area (Å²) in [5.74, 6) is 0.564. The molecule has 0 spiro atoms. The van der Waals surface area contributed by atoms with Gasteiger partial charge in [0.1, 0.15) is 5.75 Å². The first kappa shape index (κ1) is 19.7. The molecule has 0 aromatic heterocycles. The third-order valence-corrected chi connectivity index (χ3v) is 4.39. The highest BCUT2D eigenvalue weighted by atomic mass is 35.5. The van der Waals surface area contributed by atoms with Crippen LogP contribution in [-0.2, 0) is 4.79 Å². The lowest BCUT2D eigenvalue weighted by Gasteiger charge is -2.11. The fourth-order valence-corrected chi connectivity index (χ4v) is 2.59. The summed E-state index contributed by atoms with van der Waals surface area (Å²) in [6, 6.07) is 10.5. The Morgan fingerprint density at radius 3 is 2.40 bits per heavy atom. The normalized spacial score (nSPS) is 10.4. The van der Waals surface area contributed by atoms with Crippen molar-refractivity contribution in [1.29, 1.82) is 0 Å². The van der Waals surface area contributed by atoms with E-state index in [0.29, 0.717) is 27.4 Å². The molecule has 0 unspecified atom stereocenters. The monoisotopic (exact) mass is 400 g/mol. The number of carbonyl (C=O) groups excluding carboxylic acids is 1. The minimum absolute atomic E-state index is 0.0899. The molecular formula is C18H19Cl3N2O2. The van der Waals surface area contributed by atoms with Crippen LogP contribution in [0.15, 0.2) is 36.4 Å². The Morgan fingerprint density at radius 2 is 1.72 bits per heavy atom.